The number of hydrazine groups is 1. The Morgan fingerprint density at radius 3 is 2.71 bits per heavy atom. The molecule has 3 N–H and O–H groups in total. The van der Waals surface area contributed by atoms with Crippen LogP contribution in [0.15, 0.2) is 59.0 Å². The van der Waals surface area contributed by atoms with Gasteiger partial charge in [0.1, 0.15) is 29.7 Å². The molecule has 0 spiro atoms. The molecule has 0 fully saturated rings. The van der Waals surface area contributed by atoms with Gasteiger partial charge in [-0.2, -0.15) is 0 Å². The van der Waals surface area contributed by atoms with Crippen molar-refractivity contribution in [1.29, 1.82) is 0 Å². The number of rotatable bonds is 5. The summed E-state index contributed by atoms with van der Waals surface area (Å²) in [5.74, 6) is 7.11. The summed E-state index contributed by atoms with van der Waals surface area (Å²) in [7, 11) is 0. The number of benzene rings is 2. The van der Waals surface area contributed by atoms with E-state index in [1.54, 1.807) is 6.07 Å². The van der Waals surface area contributed by atoms with Gasteiger partial charge in [0.15, 0.2) is 0 Å². The lowest BCUT2D eigenvalue weighted by Crippen LogP contribution is -2.32. The monoisotopic (exact) mass is 302 g/mol. The molecule has 0 aliphatic rings. The maximum Gasteiger partial charge on any atom is 0.134 e. The summed E-state index contributed by atoms with van der Waals surface area (Å²) >= 11 is 5.98. The van der Waals surface area contributed by atoms with Gasteiger partial charge in [-0.1, -0.05) is 29.8 Å². The second-order valence-corrected chi connectivity index (χ2v) is 5.11. The zero-order chi connectivity index (χ0) is 14.7. The van der Waals surface area contributed by atoms with Crippen LogP contribution in [0, 0.1) is 0 Å². The molecule has 3 rings (SSSR count). The maximum atomic E-state index is 5.98. The Labute approximate surface area is 127 Å². The van der Waals surface area contributed by atoms with Gasteiger partial charge in [0, 0.05) is 10.4 Å². The predicted molar refractivity (Wildman–Crippen MR) is 83.2 cm³/mol. The summed E-state index contributed by atoms with van der Waals surface area (Å²) in [6, 6.07) is 16.7. The second kappa shape index (κ2) is 6.18. The number of nitrogens with two attached hydrogens (primary N) is 1. The van der Waals surface area contributed by atoms with Gasteiger partial charge in [0.2, 0.25) is 0 Å². The summed E-state index contributed by atoms with van der Waals surface area (Å²) < 4.78 is 11.5. The van der Waals surface area contributed by atoms with E-state index in [-0.39, 0.29) is 6.04 Å². The normalized spacial score (nSPS) is 12.5. The summed E-state index contributed by atoms with van der Waals surface area (Å²) in [4.78, 5) is 0. The Balaban J connectivity index is 1.78. The van der Waals surface area contributed by atoms with E-state index in [4.69, 9.17) is 26.6 Å². The fourth-order valence-corrected chi connectivity index (χ4v) is 2.30. The first-order valence-electron chi connectivity index (χ1n) is 6.59. The highest BCUT2D eigenvalue weighted by atomic mass is 35.5. The molecule has 0 bridgehead atoms. The molecule has 0 radical (unpaired) electrons. The Hall–Kier alpha value is -2.01. The second-order valence-electron chi connectivity index (χ2n) is 4.67. The summed E-state index contributed by atoms with van der Waals surface area (Å²) in [5, 5.41) is 1.62. The van der Waals surface area contributed by atoms with Crippen LogP contribution in [-0.2, 0) is 0 Å². The van der Waals surface area contributed by atoms with E-state index < -0.39 is 0 Å². The van der Waals surface area contributed by atoms with Crippen LogP contribution < -0.4 is 16.0 Å². The van der Waals surface area contributed by atoms with Crippen LogP contribution in [-0.4, -0.2) is 6.61 Å². The van der Waals surface area contributed by atoms with Crippen molar-refractivity contribution in [3.8, 4) is 5.75 Å². The Bertz CT molecular complexity index is 727. The molecule has 1 heterocycles. The van der Waals surface area contributed by atoms with Gasteiger partial charge in [-0.15, -0.1) is 0 Å². The van der Waals surface area contributed by atoms with Crippen molar-refractivity contribution in [3.63, 3.8) is 0 Å². The molecule has 4 nitrogen and oxygen atoms in total. The van der Waals surface area contributed by atoms with Gasteiger partial charge in [-0.25, -0.2) is 5.43 Å². The molecular weight excluding hydrogens is 288 g/mol. The molecule has 108 valence electrons. The van der Waals surface area contributed by atoms with Crippen molar-refractivity contribution in [2.24, 2.45) is 5.84 Å². The van der Waals surface area contributed by atoms with E-state index in [0.29, 0.717) is 17.4 Å². The highest BCUT2D eigenvalue weighted by Gasteiger charge is 2.16. The predicted octanol–water partition coefficient (Wildman–Crippen LogP) is 3.67. The highest BCUT2D eigenvalue weighted by molar-refractivity contribution is 6.31. The molecule has 0 aliphatic heterocycles. The van der Waals surface area contributed by atoms with Gasteiger partial charge in [-0.3, -0.25) is 5.84 Å². The zero-order valence-electron chi connectivity index (χ0n) is 11.3. The van der Waals surface area contributed by atoms with Crippen molar-refractivity contribution in [1.82, 2.24) is 5.43 Å². The van der Waals surface area contributed by atoms with Crippen molar-refractivity contribution >= 4 is 22.6 Å². The fourth-order valence-electron chi connectivity index (χ4n) is 2.12. The number of fused-ring (bicyclic) bond motifs is 1. The van der Waals surface area contributed by atoms with Crippen LogP contribution in [0.4, 0.5) is 0 Å². The van der Waals surface area contributed by atoms with Gasteiger partial charge in [0.25, 0.3) is 0 Å². The highest BCUT2D eigenvalue weighted by Crippen LogP contribution is 2.26. The van der Waals surface area contributed by atoms with E-state index in [0.717, 1.165) is 16.7 Å². The first-order chi connectivity index (χ1) is 10.3. The molecule has 0 saturated carbocycles. The van der Waals surface area contributed by atoms with E-state index in [9.17, 15) is 0 Å². The molecule has 1 atom stereocenters. The summed E-state index contributed by atoms with van der Waals surface area (Å²) in [5.41, 5.74) is 3.48. The standard InChI is InChI=1S/C16H15ClN2O2/c17-12-6-7-15-11(8-12)9-16(21-15)14(19-18)10-20-13-4-2-1-3-5-13/h1-9,14,19H,10,18H2. The number of hydrogen-bond acceptors (Lipinski definition) is 4. The van der Waals surface area contributed by atoms with E-state index >= 15 is 0 Å². The molecule has 5 heteroatoms. The van der Waals surface area contributed by atoms with E-state index in [1.807, 2.05) is 48.5 Å². The van der Waals surface area contributed by atoms with Crippen LogP contribution >= 0.6 is 11.6 Å². The first kappa shape index (κ1) is 13.9. The zero-order valence-corrected chi connectivity index (χ0v) is 12.0. The molecule has 0 saturated heterocycles. The number of halogens is 1. The fraction of sp³-hybridized carbons (Fsp3) is 0.125. The topological polar surface area (TPSA) is 60.4 Å². The van der Waals surface area contributed by atoms with Crippen molar-refractivity contribution < 1.29 is 9.15 Å². The molecule has 1 aromatic heterocycles. The van der Waals surface area contributed by atoms with E-state index in [2.05, 4.69) is 5.43 Å². The quantitative estimate of drug-likeness (QED) is 0.557. The molecule has 0 aliphatic carbocycles. The first-order valence-corrected chi connectivity index (χ1v) is 6.97. The number of furan rings is 1. The average molecular weight is 303 g/mol. The minimum absolute atomic E-state index is 0.239. The minimum atomic E-state index is -0.239. The third-order valence-electron chi connectivity index (χ3n) is 3.20. The molecule has 0 amide bonds. The lowest BCUT2D eigenvalue weighted by molar-refractivity contribution is 0.250. The third-order valence-corrected chi connectivity index (χ3v) is 3.44. The number of nitrogens with one attached hydrogen (secondary N) is 1. The minimum Gasteiger partial charge on any atom is -0.491 e. The van der Waals surface area contributed by atoms with Crippen LogP contribution in [0.25, 0.3) is 11.0 Å². The lowest BCUT2D eigenvalue weighted by atomic mass is 10.2. The van der Waals surface area contributed by atoms with Crippen LogP contribution in [0.2, 0.25) is 5.02 Å². The lowest BCUT2D eigenvalue weighted by Gasteiger charge is -2.14. The molecule has 1 unspecified atom stereocenters. The number of hydrogen-bond donors (Lipinski definition) is 2. The smallest absolute Gasteiger partial charge is 0.134 e. The van der Waals surface area contributed by atoms with Crippen molar-refractivity contribution in [2.45, 2.75) is 6.04 Å². The third kappa shape index (κ3) is 3.19. The average Bonchev–Trinajstić information content (AvgIpc) is 2.92. The van der Waals surface area contributed by atoms with Gasteiger partial charge in [-0.05, 0) is 36.4 Å². The van der Waals surface area contributed by atoms with Gasteiger partial charge < -0.3 is 9.15 Å². The Kier molecular flexibility index (Phi) is 4.10. The van der Waals surface area contributed by atoms with Crippen molar-refractivity contribution in [2.75, 3.05) is 6.61 Å². The largest absolute Gasteiger partial charge is 0.491 e. The molecule has 3 aromatic rings. The number of para-hydroxylation sites is 1. The summed E-state index contributed by atoms with van der Waals surface area (Å²) in [6.45, 7) is 0.369. The molecule has 2 aromatic carbocycles. The maximum absolute atomic E-state index is 5.98. The molecular formula is C16H15ClN2O2. The van der Waals surface area contributed by atoms with Crippen LogP contribution in [0.1, 0.15) is 11.8 Å². The number of ether oxygens (including phenoxy) is 1. The van der Waals surface area contributed by atoms with Crippen LogP contribution in [0.5, 0.6) is 5.75 Å². The Morgan fingerprint density at radius 2 is 1.95 bits per heavy atom. The SMILES string of the molecule is NNC(COc1ccccc1)c1cc2cc(Cl)ccc2o1. The Morgan fingerprint density at radius 1 is 1.14 bits per heavy atom. The van der Waals surface area contributed by atoms with Gasteiger partial charge >= 0.3 is 0 Å². The molecule has 21 heavy (non-hydrogen) atoms. The van der Waals surface area contributed by atoms with Crippen molar-refractivity contribution in [3.05, 3.63) is 65.4 Å². The van der Waals surface area contributed by atoms with E-state index in [1.165, 1.54) is 0 Å². The summed E-state index contributed by atoms with van der Waals surface area (Å²) in [6.07, 6.45) is 0. The van der Waals surface area contributed by atoms with Crippen LogP contribution in [0.3, 0.4) is 0 Å². The van der Waals surface area contributed by atoms with Gasteiger partial charge in [0.05, 0.1) is 0 Å².